The average Bonchev–Trinajstić information content (AvgIpc) is 3.25. The number of nitriles is 1. The van der Waals surface area contributed by atoms with E-state index in [1.165, 1.54) is 22.4 Å². The lowest BCUT2D eigenvalue weighted by molar-refractivity contribution is 0.471. The highest BCUT2D eigenvalue weighted by atomic mass is 79.9. The number of nitrogens with zero attached hydrogens (tertiary/aromatic N) is 2. The number of thiophene rings is 1. The zero-order valence-electron chi connectivity index (χ0n) is 15.3. The molecule has 0 spiro atoms. The maximum Gasteiger partial charge on any atom is 0.139 e. The second-order valence-electron chi connectivity index (χ2n) is 7.47. The van der Waals surface area contributed by atoms with Crippen molar-refractivity contribution in [3.63, 3.8) is 0 Å². The summed E-state index contributed by atoms with van der Waals surface area (Å²) in [5, 5.41) is 22.1. The molecule has 1 N–H and O–H groups in total. The van der Waals surface area contributed by atoms with Crippen LogP contribution in [0.15, 0.2) is 19.9 Å². The predicted molar refractivity (Wildman–Crippen MR) is 115 cm³/mol. The van der Waals surface area contributed by atoms with Gasteiger partial charge in [-0.2, -0.15) is 5.26 Å². The van der Waals surface area contributed by atoms with Crippen molar-refractivity contribution in [3.8, 4) is 11.8 Å². The topological polar surface area (TPSA) is 69.5 Å². The molecular weight excluding hydrogens is 436 g/mol. The zero-order chi connectivity index (χ0) is 19.3. The first-order valence-corrected chi connectivity index (χ1v) is 11.3. The monoisotopic (exact) mass is 454 g/mol. The summed E-state index contributed by atoms with van der Waals surface area (Å²) >= 11 is 5.05. The number of phenols is 1. The Hall–Kier alpha value is -2.10. The molecule has 2 aliphatic carbocycles. The quantitative estimate of drug-likeness (QED) is 0.459. The first-order valence-electron chi connectivity index (χ1n) is 9.71. The van der Waals surface area contributed by atoms with Crippen LogP contribution in [0.4, 0.5) is 5.00 Å². The van der Waals surface area contributed by atoms with Gasteiger partial charge in [0.05, 0.1) is 10.0 Å². The molecule has 0 fully saturated rings. The average molecular weight is 455 g/mol. The summed E-state index contributed by atoms with van der Waals surface area (Å²) in [4.78, 5) is 5.97. The van der Waals surface area contributed by atoms with Crippen LogP contribution in [0.5, 0.6) is 5.75 Å². The minimum Gasteiger partial charge on any atom is -0.506 e. The van der Waals surface area contributed by atoms with Gasteiger partial charge in [-0.25, -0.2) is 4.99 Å². The van der Waals surface area contributed by atoms with Crippen molar-refractivity contribution in [3.05, 3.63) is 43.4 Å². The number of aryl methyl sites for hydroxylation is 3. The molecule has 2 aromatic heterocycles. The fourth-order valence-electron chi connectivity index (χ4n) is 4.42. The Morgan fingerprint density at radius 1 is 1.14 bits per heavy atom. The largest absolute Gasteiger partial charge is 0.506 e. The van der Waals surface area contributed by atoms with E-state index in [0.29, 0.717) is 15.6 Å². The molecule has 0 amide bonds. The SMILES string of the molecule is N#Cc1c(N=Cc2c(O)c(Br)cc3oc4c(c23)CCCC4)sc2c1CCCC2. The van der Waals surface area contributed by atoms with Crippen molar-refractivity contribution in [2.75, 3.05) is 0 Å². The lowest BCUT2D eigenvalue weighted by Gasteiger charge is -2.10. The molecule has 1 aromatic carbocycles. The minimum absolute atomic E-state index is 0.172. The van der Waals surface area contributed by atoms with Crippen molar-refractivity contribution in [2.45, 2.75) is 51.4 Å². The van der Waals surface area contributed by atoms with Crippen LogP contribution in [0, 0.1) is 11.3 Å². The summed E-state index contributed by atoms with van der Waals surface area (Å²) in [5.74, 6) is 1.20. The van der Waals surface area contributed by atoms with Gasteiger partial charge in [0, 0.05) is 34.0 Å². The molecular formula is C22H19BrN2O2S. The van der Waals surface area contributed by atoms with Crippen molar-refractivity contribution < 1.29 is 9.52 Å². The number of fused-ring (bicyclic) bond motifs is 4. The molecule has 0 radical (unpaired) electrons. The van der Waals surface area contributed by atoms with Gasteiger partial charge >= 0.3 is 0 Å². The van der Waals surface area contributed by atoms with Gasteiger partial charge in [0.25, 0.3) is 0 Å². The van der Waals surface area contributed by atoms with Gasteiger partial charge in [0.1, 0.15) is 28.2 Å². The van der Waals surface area contributed by atoms with E-state index in [-0.39, 0.29) is 5.75 Å². The Balaban J connectivity index is 1.66. The van der Waals surface area contributed by atoms with E-state index in [4.69, 9.17) is 4.42 Å². The fourth-order valence-corrected chi connectivity index (χ4v) is 6.03. The number of rotatable bonds is 2. The third kappa shape index (κ3) is 2.80. The van der Waals surface area contributed by atoms with Gasteiger partial charge in [-0.1, -0.05) is 0 Å². The van der Waals surface area contributed by atoms with Crippen LogP contribution >= 0.6 is 27.3 Å². The Morgan fingerprint density at radius 3 is 2.71 bits per heavy atom. The number of phenolic OH excluding ortho intramolecular Hbond substituents is 1. The van der Waals surface area contributed by atoms with Crippen LogP contribution in [0.2, 0.25) is 0 Å². The van der Waals surface area contributed by atoms with Crippen LogP contribution in [0.1, 0.15) is 58.6 Å². The van der Waals surface area contributed by atoms with Crippen LogP contribution in [-0.4, -0.2) is 11.3 Å². The number of hydrogen-bond acceptors (Lipinski definition) is 5. The van der Waals surface area contributed by atoms with Crippen molar-refractivity contribution in [2.24, 2.45) is 4.99 Å². The van der Waals surface area contributed by atoms with Crippen molar-refractivity contribution >= 4 is 49.5 Å². The Bertz CT molecular complexity index is 1170. The van der Waals surface area contributed by atoms with Gasteiger partial charge < -0.3 is 9.52 Å². The highest BCUT2D eigenvalue weighted by Gasteiger charge is 2.24. The molecule has 142 valence electrons. The van der Waals surface area contributed by atoms with Crippen LogP contribution in [-0.2, 0) is 25.7 Å². The second kappa shape index (κ2) is 7.06. The predicted octanol–water partition coefficient (Wildman–Crippen LogP) is 6.34. The van der Waals surface area contributed by atoms with Crippen LogP contribution in [0.25, 0.3) is 11.0 Å². The molecule has 0 unspecified atom stereocenters. The van der Waals surface area contributed by atoms with Gasteiger partial charge in [-0.3, -0.25) is 0 Å². The standard InChI is InChI=1S/C22H19BrN2O2S/c23-16-9-18-20(13-6-1-3-7-17(13)27-18)15(21(16)26)11-25-22-14(10-24)12-5-2-4-8-19(12)28-22/h9,11,26H,1-8H2. The summed E-state index contributed by atoms with van der Waals surface area (Å²) in [6.07, 6.45) is 10.2. The first kappa shape index (κ1) is 18.0. The molecule has 6 heteroatoms. The first-order chi connectivity index (χ1) is 13.7. The summed E-state index contributed by atoms with van der Waals surface area (Å²) in [7, 11) is 0. The number of furan rings is 1. The fraction of sp³-hybridized carbons (Fsp3) is 0.364. The maximum atomic E-state index is 10.7. The number of halogens is 1. The molecule has 5 rings (SSSR count). The molecule has 4 nitrogen and oxygen atoms in total. The van der Waals surface area contributed by atoms with E-state index in [1.807, 2.05) is 6.07 Å². The third-order valence-corrected chi connectivity index (χ3v) is 7.59. The van der Waals surface area contributed by atoms with Crippen LogP contribution in [0.3, 0.4) is 0 Å². The van der Waals surface area contributed by atoms with Gasteiger partial charge in [-0.05, 0) is 72.5 Å². The Morgan fingerprint density at radius 2 is 1.89 bits per heavy atom. The summed E-state index contributed by atoms with van der Waals surface area (Å²) < 4.78 is 6.67. The minimum atomic E-state index is 0.172. The molecule has 0 atom stereocenters. The molecule has 28 heavy (non-hydrogen) atoms. The molecule has 0 saturated heterocycles. The molecule has 0 bridgehead atoms. The van der Waals surface area contributed by atoms with E-state index in [9.17, 15) is 10.4 Å². The Labute approximate surface area is 175 Å². The normalized spacial score (nSPS) is 16.3. The zero-order valence-corrected chi connectivity index (χ0v) is 17.8. The highest BCUT2D eigenvalue weighted by Crippen LogP contribution is 2.42. The lowest BCUT2D eigenvalue weighted by atomic mass is 9.94. The van der Waals surface area contributed by atoms with E-state index < -0.39 is 0 Å². The van der Waals surface area contributed by atoms with Gasteiger partial charge in [0.2, 0.25) is 0 Å². The third-order valence-electron chi connectivity index (χ3n) is 5.78. The summed E-state index contributed by atoms with van der Waals surface area (Å²) in [6.45, 7) is 0. The van der Waals surface area contributed by atoms with Gasteiger partial charge in [0.15, 0.2) is 0 Å². The number of aromatic hydroxyl groups is 1. The van der Waals surface area contributed by atoms with Crippen molar-refractivity contribution in [1.82, 2.24) is 0 Å². The van der Waals surface area contributed by atoms with Crippen LogP contribution < -0.4 is 0 Å². The van der Waals surface area contributed by atoms with Gasteiger partial charge in [-0.15, -0.1) is 11.3 Å². The van der Waals surface area contributed by atoms with E-state index in [1.54, 1.807) is 17.6 Å². The smallest absolute Gasteiger partial charge is 0.139 e. The lowest BCUT2D eigenvalue weighted by Crippen LogP contribution is -2.00. The summed E-state index contributed by atoms with van der Waals surface area (Å²) in [6, 6.07) is 4.19. The molecule has 0 aliphatic heterocycles. The second-order valence-corrected chi connectivity index (χ2v) is 9.40. The number of benzene rings is 1. The molecule has 2 aliphatic rings. The molecule has 2 heterocycles. The Kier molecular flexibility index (Phi) is 4.53. The highest BCUT2D eigenvalue weighted by molar-refractivity contribution is 9.10. The molecule has 0 saturated carbocycles. The van der Waals surface area contributed by atoms with E-state index >= 15 is 0 Å². The van der Waals surface area contributed by atoms with Crippen molar-refractivity contribution in [1.29, 1.82) is 5.26 Å². The number of aliphatic imine (C=N–C) groups is 1. The maximum absolute atomic E-state index is 10.7. The molecule has 3 aromatic rings. The summed E-state index contributed by atoms with van der Waals surface area (Å²) in [5.41, 5.74) is 4.53. The number of hydrogen-bond donors (Lipinski definition) is 1. The van der Waals surface area contributed by atoms with E-state index in [2.05, 4.69) is 27.0 Å². The van der Waals surface area contributed by atoms with E-state index in [0.717, 1.165) is 66.7 Å².